The molecule has 0 aliphatic heterocycles. The number of aliphatic hydroxyl groups is 1. The van der Waals surface area contributed by atoms with E-state index < -0.39 is 16.2 Å². The molecule has 1 N–H and O–H groups in total. The van der Waals surface area contributed by atoms with Crippen LogP contribution in [0.4, 0.5) is 0 Å². The van der Waals surface area contributed by atoms with Gasteiger partial charge in [-0.25, -0.2) is 15.9 Å². The Labute approximate surface area is 223 Å². The largest absolute Gasteiger partial charge is 0.396 e. The number of hydrogen-bond acceptors (Lipinski definition) is 7. The highest BCUT2D eigenvalue weighted by molar-refractivity contribution is 7.78. The summed E-state index contributed by atoms with van der Waals surface area (Å²) in [5, 5.41) is 16.2. The van der Waals surface area contributed by atoms with Crippen molar-refractivity contribution >= 4 is 27.4 Å². The molecule has 35 heavy (non-hydrogen) atoms. The Morgan fingerprint density at radius 1 is 0.857 bits per heavy atom. The molecule has 0 saturated heterocycles. The topological polar surface area (TPSA) is 82.5 Å². The summed E-state index contributed by atoms with van der Waals surface area (Å²) in [4.78, 5) is 3.30. The fraction of sp³-hybridized carbons (Fsp3) is 0.917. The molecule has 0 amide bonds. The average molecular weight is 557 g/mol. The number of nitrogens with zero attached hydrogens (tertiary/aromatic N) is 4. The van der Waals surface area contributed by atoms with Gasteiger partial charge in [-0.1, -0.05) is 13.8 Å². The van der Waals surface area contributed by atoms with Crippen LogP contribution in [0.25, 0.3) is 4.85 Å². The Balaban J connectivity index is -0.000000514. The van der Waals surface area contributed by atoms with Gasteiger partial charge in [0.25, 0.3) is 8.53 Å². The van der Waals surface area contributed by atoms with Crippen LogP contribution in [0.15, 0.2) is 0 Å². The molecule has 0 bridgehead atoms. The fourth-order valence-electron chi connectivity index (χ4n) is 2.67. The SMILES string of the molecule is CC(C)N(C(C)C)P(Cl)OCCC#N.CCCO.[C-]#[N+]CCOP(OCCC)N(C(C)C)C(C)C. The Bertz CT molecular complexity index is 529. The van der Waals surface area contributed by atoms with Crippen molar-refractivity contribution in [3.63, 3.8) is 0 Å². The molecule has 0 aromatic heterocycles. The zero-order chi connectivity index (χ0) is 27.8. The molecule has 8 nitrogen and oxygen atoms in total. The van der Waals surface area contributed by atoms with E-state index in [4.69, 9.17) is 41.8 Å². The second-order valence-electron chi connectivity index (χ2n) is 8.61. The van der Waals surface area contributed by atoms with Crippen molar-refractivity contribution in [1.29, 1.82) is 5.26 Å². The van der Waals surface area contributed by atoms with E-state index in [1.165, 1.54) is 0 Å². The van der Waals surface area contributed by atoms with Crippen LogP contribution in [0, 0.1) is 17.9 Å². The number of nitriles is 1. The van der Waals surface area contributed by atoms with Crippen molar-refractivity contribution in [3.8, 4) is 6.07 Å². The highest BCUT2D eigenvalue weighted by Gasteiger charge is 2.27. The standard InChI is InChI=1S/C12H25N2O2P.C9H18ClN2OP.C3H8O/c1-7-9-15-17(16-10-8-13-6)14(11(2)3)12(4)5;1-8(2)12(9(3)4)14(10)13-7-5-6-11;1-2-3-4/h11-12H,7-10H2,1-5H3;8-9H,5,7H2,1-4H3;4H,2-3H2,1H3. The predicted octanol–water partition coefficient (Wildman–Crippen LogP) is 7.58. The van der Waals surface area contributed by atoms with E-state index >= 15 is 0 Å². The summed E-state index contributed by atoms with van der Waals surface area (Å²) < 4.78 is 21.3. The van der Waals surface area contributed by atoms with Crippen LogP contribution in [0.5, 0.6) is 0 Å². The van der Waals surface area contributed by atoms with Gasteiger partial charge in [0.15, 0.2) is 0 Å². The molecular weight excluding hydrogens is 506 g/mol. The first-order valence-electron chi connectivity index (χ1n) is 12.5. The molecule has 0 spiro atoms. The van der Waals surface area contributed by atoms with E-state index in [2.05, 4.69) is 76.5 Å². The second-order valence-corrected chi connectivity index (χ2v) is 12.1. The molecule has 0 aromatic carbocycles. The maximum absolute atomic E-state index is 8.36. The van der Waals surface area contributed by atoms with Crippen LogP contribution in [-0.2, 0) is 13.6 Å². The van der Waals surface area contributed by atoms with Crippen molar-refractivity contribution in [1.82, 2.24) is 9.34 Å². The van der Waals surface area contributed by atoms with Crippen LogP contribution in [0.1, 0.15) is 88.5 Å². The zero-order valence-electron chi connectivity index (χ0n) is 23.7. The molecule has 0 heterocycles. The lowest BCUT2D eigenvalue weighted by molar-refractivity contribution is 0.179. The lowest BCUT2D eigenvalue weighted by Crippen LogP contribution is -2.33. The smallest absolute Gasteiger partial charge is 0.259 e. The van der Waals surface area contributed by atoms with Crippen molar-refractivity contribution in [2.24, 2.45) is 0 Å². The molecule has 0 aromatic rings. The molecule has 2 atom stereocenters. The normalized spacial score (nSPS) is 12.8. The predicted molar refractivity (Wildman–Crippen MR) is 151 cm³/mol. The van der Waals surface area contributed by atoms with Crippen LogP contribution >= 0.6 is 27.4 Å². The summed E-state index contributed by atoms with van der Waals surface area (Å²) >= 11 is 6.13. The third kappa shape index (κ3) is 22.8. The van der Waals surface area contributed by atoms with Gasteiger partial charge >= 0.3 is 0 Å². The summed E-state index contributed by atoms with van der Waals surface area (Å²) in [6.45, 7) is 30.0. The molecule has 0 aliphatic rings. The average Bonchev–Trinajstić information content (AvgIpc) is 2.77. The summed E-state index contributed by atoms with van der Waals surface area (Å²) in [6.07, 6.45) is 2.25. The van der Waals surface area contributed by atoms with Gasteiger partial charge in [-0.05, 0) is 79.5 Å². The van der Waals surface area contributed by atoms with Gasteiger partial charge in [0.2, 0.25) is 14.2 Å². The minimum atomic E-state index is -1.08. The van der Waals surface area contributed by atoms with Gasteiger partial charge in [0.1, 0.15) is 6.61 Å². The Morgan fingerprint density at radius 3 is 1.66 bits per heavy atom. The lowest BCUT2D eigenvalue weighted by Gasteiger charge is -2.35. The van der Waals surface area contributed by atoms with Gasteiger partial charge in [-0.2, -0.15) is 5.26 Å². The van der Waals surface area contributed by atoms with E-state index in [9.17, 15) is 0 Å². The van der Waals surface area contributed by atoms with Gasteiger partial charge in [0, 0.05) is 30.8 Å². The molecule has 0 saturated carbocycles. The first-order valence-corrected chi connectivity index (χ1v) is 15.7. The third-order valence-electron chi connectivity index (χ3n) is 3.93. The third-order valence-corrected chi connectivity index (χ3v) is 8.54. The highest BCUT2D eigenvalue weighted by atomic mass is 35.7. The van der Waals surface area contributed by atoms with Crippen LogP contribution in [0.2, 0.25) is 0 Å². The van der Waals surface area contributed by atoms with E-state index in [-0.39, 0.29) is 0 Å². The van der Waals surface area contributed by atoms with E-state index in [1.54, 1.807) is 0 Å². The van der Waals surface area contributed by atoms with Crippen molar-refractivity contribution in [3.05, 3.63) is 11.4 Å². The summed E-state index contributed by atoms with van der Waals surface area (Å²) in [7, 11) is -2.11. The van der Waals surface area contributed by atoms with E-state index in [0.29, 0.717) is 63.6 Å². The minimum absolute atomic E-state index is 0.319. The Morgan fingerprint density at radius 2 is 1.31 bits per heavy atom. The molecule has 0 radical (unpaired) electrons. The highest BCUT2D eigenvalue weighted by Crippen LogP contribution is 2.49. The first kappa shape index (κ1) is 39.4. The van der Waals surface area contributed by atoms with Crippen LogP contribution < -0.4 is 0 Å². The van der Waals surface area contributed by atoms with Crippen LogP contribution in [-0.4, -0.2) is 71.6 Å². The van der Waals surface area contributed by atoms with Gasteiger partial charge in [-0.3, -0.25) is 0 Å². The van der Waals surface area contributed by atoms with Gasteiger partial charge < -0.3 is 23.5 Å². The summed E-state index contributed by atoms with van der Waals surface area (Å²) in [5.41, 5.74) is 0. The number of halogens is 1. The second kappa shape index (κ2) is 26.9. The van der Waals surface area contributed by atoms with Gasteiger partial charge in [0.05, 0.1) is 25.7 Å². The molecule has 2 unspecified atom stereocenters. The van der Waals surface area contributed by atoms with E-state index in [0.717, 1.165) is 12.8 Å². The maximum Gasteiger partial charge on any atom is 0.259 e. The molecule has 0 rings (SSSR count). The van der Waals surface area contributed by atoms with E-state index in [1.807, 2.05) is 13.0 Å². The summed E-state index contributed by atoms with van der Waals surface area (Å²) in [6, 6.07) is 3.51. The Kier molecular flexibility index (Phi) is 30.3. The molecule has 11 heteroatoms. The summed E-state index contributed by atoms with van der Waals surface area (Å²) in [5.74, 6) is 0. The first-order chi connectivity index (χ1) is 16.5. The maximum atomic E-state index is 8.36. The quantitative estimate of drug-likeness (QED) is 0.119. The van der Waals surface area contributed by atoms with Gasteiger partial charge in [-0.15, -0.1) is 0 Å². The molecule has 0 fully saturated rings. The van der Waals surface area contributed by atoms with Crippen molar-refractivity contribution in [2.75, 3.05) is 33.0 Å². The number of hydrogen-bond donors (Lipinski definition) is 1. The van der Waals surface area contributed by atoms with Crippen molar-refractivity contribution < 1.29 is 18.7 Å². The Hall–Kier alpha value is -0.110. The lowest BCUT2D eigenvalue weighted by atomic mass is 10.3. The minimum Gasteiger partial charge on any atom is -0.396 e. The number of rotatable bonds is 16. The number of aliphatic hydroxyl groups excluding tert-OH is 1. The monoisotopic (exact) mass is 556 g/mol. The van der Waals surface area contributed by atoms with Crippen LogP contribution in [0.3, 0.4) is 0 Å². The molecule has 208 valence electrons. The zero-order valence-corrected chi connectivity index (χ0v) is 26.2. The van der Waals surface area contributed by atoms with Crippen molar-refractivity contribution in [2.45, 2.75) is 113 Å². The fourth-order valence-corrected chi connectivity index (χ4v) is 6.70. The molecular formula is C24H51ClN4O4P2. The molecule has 0 aliphatic carbocycles.